The molecule has 0 fully saturated rings. The van der Waals surface area contributed by atoms with E-state index >= 15 is 0 Å². The van der Waals surface area contributed by atoms with Crippen molar-refractivity contribution in [2.45, 2.75) is 19.6 Å². The van der Waals surface area contributed by atoms with Crippen molar-refractivity contribution >= 4 is 25.7 Å². The number of rotatable bonds is 2. The van der Waals surface area contributed by atoms with Crippen LogP contribution in [0.15, 0.2) is 29.3 Å². The molecule has 1 nitrogen and oxygen atoms in total. The minimum Gasteiger partial charge on any atom is -0.265 e. The van der Waals surface area contributed by atoms with Crippen molar-refractivity contribution in [2.24, 2.45) is 4.99 Å². The highest BCUT2D eigenvalue weighted by molar-refractivity contribution is 6.89. The van der Waals surface area contributed by atoms with Gasteiger partial charge in [0.05, 0.1) is 13.8 Å². The predicted molar refractivity (Wildman–Crippen MR) is 58.6 cm³/mol. The lowest BCUT2D eigenvalue weighted by Gasteiger charge is -2.18. The maximum atomic E-state index is 4.02. The second kappa shape index (κ2) is 3.23. The van der Waals surface area contributed by atoms with Gasteiger partial charge in [0.25, 0.3) is 0 Å². The first kappa shape index (κ1) is 9.20. The molecule has 0 spiro atoms. The Morgan fingerprint density at radius 2 is 1.75 bits per heavy atom. The molecular weight excluding hydrogens is 162 g/mol. The molecule has 0 bridgehead atoms. The summed E-state index contributed by atoms with van der Waals surface area (Å²) < 4.78 is 0. The van der Waals surface area contributed by atoms with Gasteiger partial charge in [-0.3, -0.25) is 4.99 Å². The summed E-state index contributed by atoms with van der Waals surface area (Å²) in [5.41, 5.74) is 1.05. The number of nitrogens with zero attached hydrogens (tertiary/aromatic N) is 1. The molecule has 1 aromatic rings. The summed E-state index contributed by atoms with van der Waals surface area (Å²) in [6, 6.07) is 8.27. The normalized spacial score (nSPS) is 11.2. The lowest BCUT2D eigenvalue weighted by molar-refractivity contribution is 1.56. The second-order valence-electron chi connectivity index (χ2n) is 3.93. The Bertz CT molecular complexity index is 286. The van der Waals surface area contributed by atoms with Gasteiger partial charge in [0.15, 0.2) is 0 Å². The maximum Gasteiger partial charge on any atom is 0.0804 e. The summed E-state index contributed by atoms with van der Waals surface area (Å²) in [6.07, 6.45) is 0. The molecule has 1 rings (SSSR count). The minimum absolute atomic E-state index is 1.05. The molecule has 2 heteroatoms. The first-order valence-electron chi connectivity index (χ1n) is 4.12. The maximum absolute atomic E-state index is 4.02. The monoisotopic (exact) mass is 177 g/mol. The van der Waals surface area contributed by atoms with E-state index in [1.54, 1.807) is 0 Å². The molecule has 0 aliphatic heterocycles. The van der Waals surface area contributed by atoms with Crippen molar-refractivity contribution < 1.29 is 0 Å². The van der Waals surface area contributed by atoms with E-state index in [9.17, 15) is 0 Å². The molecule has 0 unspecified atom stereocenters. The van der Waals surface area contributed by atoms with Crippen LogP contribution in [0.3, 0.4) is 0 Å². The number of hydrogen-bond donors (Lipinski definition) is 0. The zero-order valence-electron chi connectivity index (χ0n) is 7.96. The lowest BCUT2D eigenvalue weighted by Crippen LogP contribution is -2.37. The van der Waals surface area contributed by atoms with Gasteiger partial charge < -0.3 is 0 Å². The van der Waals surface area contributed by atoms with Crippen LogP contribution in [-0.4, -0.2) is 14.8 Å². The van der Waals surface area contributed by atoms with Crippen molar-refractivity contribution in [3.63, 3.8) is 0 Å². The van der Waals surface area contributed by atoms with E-state index in [-0.39, 0.29) is 0 Å². The Kier molecular flexibility index (Phi) is 2.48. The van der Waals surface area contributed by atoms with Gasteiger partial charge in [0, 0.05) is 0 Å². The molecule has 0 aromatic heterocycles. The van der Waals surface area contributed by atoms with Crippen LogP contribution in [0.4, 0.5) is 5.69 Å². The van der Waals surface area contributed by atoms with Gasteiger partial charge in [-0.25, -0.2) is 0 Å². The molecule has 0 aliphatic carbocycles. The number of para-hydroxylation sites is 1. The van der Waals surface area contributed by atoms with E-state index in [2.05, 4.69) is 43.5 Å². The highest BCUT2D eigenvalue weighted by Crippen LogP contribution is 2.13. The molecule has 0 atom stereocenters. The molecule has 0 saturated heterocycles. The highest BCUT2D eigenvalue weighted by Gasteiger charge is 2.18. The molecule has 64 valence electrons. The van der Waals surface area contributed by atoms with Crippen molar-refractivity contribution in [2.75, 3.05) is 0 Å². The molecule has 0 radical (unpaired) electrons. The third-order valence-electron chi connectivity index (χ3n) is 1.88. The third-order valence-corrected chi connectivity index (χ3v) is 3.92. The minimum atomic E-state index is -1.23. The zero-order valence-corrected chi connectivity index (χ0v) is 8.96. The molecular formula is C10H15NSi. The van der Waals surface area contributed by atoms with Gasteiger partial charge in [-0.2, -0.15) is 0 Å². The van der Waals surface area contributed by atoms with Crippen LogP contribution in [0, 0.1) is 0 Å². The molecule has 0 amide bonds. The van der Waals surface area contributed by atoms with E-state index in [1.807, 2.05) is 12.1 Å². The highest BCUT2D eigenvalue weighted by atomic mass is 28.3. The van der Waals surface area contributed by atoms with Crippen molar-refractivity contribution in [1.29, 1.82) is 0 Å². The number of aliphatic imine (C=N–C) groups is 1. The van der Waals surface area contributed by atoms with Crippen LogP contribution in [0.25, 0.3) is 0 Å². The van der Waals surface area contributed by atoms with E-state index < -0.39 is 8.07 Å². The molecule has 0 saturated carbocycles. The largest absolute Gasteiger partial charge is 0.265 e. The zero-order chi connectivity index (χ0) is 9.19. The molecule has 1 aromatic carbocycles. The van der Waals surface area contributed by atoms with Gasteiger partial charge in [-0.15, -0.1) is 0 Å². The lowest BCUT2D eigenvalue weighted by atomic mass is 10.3. The van der Waals surface area contributed by atoms with E-state index in [0.29, 0.717) is 0 Å². The predicted octanol–water partition coefficient (Wildman–Crippen LogP) is 2.56. The van der Waals surface area contributed by atoms with E-state index in [1.165, 1.54) is 5.19 Å². The third kappa shape index (κ3) is 1.83. The number of hydrogen-bond acceptors (Lipinski definition) is 1. The van der Waals surface area contributed by atoms with Crippen LogP contribution in [0.2, 0.25) is 19.6 Å². The van der Waals surface area contributed by atoms with Crippen molar-refractivity contribution in [3.05, 3.63) is 24.3 Å². The Balaban J connectivity index is 3.23. The van der Waals surface area contributed by atoms with Gasteiger partial charge in [-0.05, 0) is 18.0 Å². The molecule has 0 aliphatic rings. The van der Waals surface area contributed by atoms with Crippen LogP contribution < -0.4 is 5.19 Å². The average molecular weight is 177 g/mol. The summed E-state index contributed by atoms with van der Waals surface area (Å²) in [6.45, 7) is 10.5. The van der Waals surface area contributed by atoms with Crippen LogP contribution in [0.5, 0.6) is 0 Å². The summed E-state index contributed by atoms with van der Waals surface area (Å²) in [5, 5.41) is 1.39. The fourth-order valence-corrected chi connectivity index (χ4v) is 2.77. The topological polar surface area (TPSA) is 12.4 Å². The van der Waals surface area contributed by atoms with Crippen LogP contribution >= 0.6 is 0 Å². The Morgan fingerprint density at radius 1 is 1.17 bits per heavy atom. The van der Waals surface area contributed by atoms with Crippen molar-refractivity contribution in [1.82, 2.24) is 0 Å². The SMILES string of the molecule is C=Nc1ccccc1[Si](C)(C)C. The summed E-state index contributed by atoms with van der Waals surface area (Å²) in [4.78, 5) is 4.02. The van der Waals surface area contributed by atoms with Crippen LogP contribution in [-0.2, 0) is 0 Å². The Hall–Kier alpha value is -0.893. The summed E-state index contributed by atoms with van der Waals surface area (Å²) >= 11 is 0. The molecule has 0 N–H and O–H groups in total. The Labute approximate surface area is 75.2 Å². The quantitative estimate of drug-likeness (QED) is 0.486. The molecule has 0 heterocycles. The average Bonchev–Trinajstić information content (AvgIpc) is 2.03. The van der Waals surface area contributed by atoms with Crippen LogP contribution in [0.1, 0.15) is 0 Å². The van der Waals surface area contributed by atoms with Gasteiger partial charge in [0.2, 0.25) is 0 Å². The van der Waals surface area contributed by atoms with Gasteiger partial charge in [0.1, 0.15) is 0 Å². The van der Waals surface area contributed by atoms with E-state index in [4.69, 9.17) is 0 Å². The summed E-state index contributed by atoms with van der Waals surface area (Å²) in [7, 11) is -1.23. The van der Waals surface area contributed by atoms with Gasteiger partial charge in [-0.1, -0.05) is 37.8 Å². The first-order valence-corrected chi connectivity index (χ1v) is 7.62. The van der Waals surface area contributed by atoms with Gasteiger partial charge >= 0.3 is 0 Å². The second-order valence-corrected chi connectivity index (χ2v) is 8.96. The fraction of sp³-hybridized carbons (Fsp3) is 0.300. The molecule has 12 heavy (non-hydrogen) atoms. The Morgan fingerprint density at radius 3 is 2.17 bits per heavy atom. The van der Waals surface area contributed by atoms with Crippen molar-refractivity contribution in [3.8, 4) is 0 Å². The number of benzene rings is 1. The van der Waals surface area contributed by atoms with E-state index in [0.717, 1.165) is 5.69 Å². The fourth-order valence-electron chi connectivity index (χ4n) is 1.25. The summed E-state index contributed by atoms with van der Waals surface area (Å²) in [5.74, 6) is 0. The standard InChI is InChI=1S/C10H15NSi/c1-11-9-7-5-6-8-10(9)12(2,3)4/h5-8H,1H2,2-4H3. The smallest absolute Gasteiger partial charge is 0.0804 e. The first-order chi connectivity index (χ1) is 5.55.